The number of ketones is 1. The molecule has 2 unspecified atom stereocenters. The van der Waals surface area contributed by atoms with Gasteiger partial charge in [0, 0.05) is 23.6 Å². The number of carbonyl (C=O) groups excluding carboxylic acids is 1. The van der Waals surface area contributed by atoms with Gasteiger partial charge in [-0.25, -0.2) is 0 Å². The largest absolute Gasteiger partial charge is 0.416 e. The molecule has 0 amide bonds. The molecule has 0 aromatic heterocycles. The van der Waals surface area contributed by atoms with Crippen LogP contribution in [-0.2, 0) is 10.9 Å². The molecule has 2 aliphatic heterocycles. The van der Waals surface area contributed by atoms with Crippen molar-refractivity contribution in [3.63, 3.8) is 0 Å². The van der Waals surface area contributed by atoms with Crippen molar-refractivity contribution in [2.45, 2.75) is 31.1 Å². The SMILES string of the molecule is CN1C2COCC1CC(C(=O)c1cccc(C(F)(F)F)c1)C2. The van der Waals surface area contributed by atoms with Crippen LogP contribution in [0.5, 0.6) is 0 Å². The molecule has 0 N–H and O–H groups in total. The van der Waals surface area contributed by atoms with Crippen LogP contribution in [-0.4, -0.2) is 43.0 Å². The molecule has 0 spiro atoms. The van der Waals surface area contributed by atoms with Gasteiger partial charge < -0.3 is 4.74 Å². The first kappa shape index (κ1) is 15.5. The van der Waals surface area contributed by atoms with E-state index in [4.69, 9.17) is 4.74 Å². The Labute approximate surface area is 127 Å². The smallest absolute Gasteiger partial charge is 0.378 e. The minimum absolute atomic E-state index is 0.156. The number of ether oxygens (including phenoxy) is 1. The summed E-state index contributed by atoms with van der Waals surface area (Å²) in [7, 11) is 2.02. The summed E-state index contributed by atoms with van der Waals surface area (Å²) in [4.78, 5) is 14.8. The Kier molecular flexibility index (Phi) is 3.99. The summed E-state index contributed by atoms with van der Waals surface area (Å²) in [6.45, 7) is 1.17. The summed E-state index contributed by atoms with van der Waals surface area (Å²) in [5, 5.41) is 0. The quantitative estimate of drug-likeness (QED) is 0.786. The van der Waals surface area contributed by atoms with Crippen molar-refractivity contribution in [2.24, 2.45) is 5.92 Å². The van der Waals surface area contributed by atoms with Gasteiger partial charge in [0.25, 0.3) is 0 Å². The fourth-order valence-corrected chi connectivity index (χ4v) is 3.39. The van der Waals surface area contributed by atoms with Gasteiger partial charge >= 0.3 is 6.18 Å². The van der Waals surface area contributed by atoms with E-state index in [1.54, 1.807) is 0 Å². The predicted molar refractivity (Wildman–Crippen MR) is 74.7 cm³/mol. The molecular weight excluding hydrogens is 295 g/mol. The summed E-state index contributed by atoms with van der Waals surface area (Å²) in [5.74, 6) is -0.408. The highest BCUT2D eigenvalue weighted by Crippen LogP contribution is 2.34. The Morgan fingerprint density at radius 3 is 2.45 bits per heavy atom. The number of hydrogen-bond acceptors (Lipinski definition) is 3. The molecule has 2 saturated heterocycles. The number of alkyl halides is 3. The first-order valence-corrected chi connectivity index (χ1v) is 7.37. The minimum atomic E-state index is -4.42. The van der Waals surface area contributed by atoms with Gasteiger partial charge in [0.15, 0.2) is 5.78 Å². The van der Waals surface area contributed by atoms with E-state index in [1.807, 2.05) is 7.05 Å². The van der Waals surface area contributed by atoms with E-state index in [1.165, 1.54) is 12.1 Å². The summed E-state index contributed by atoms with van der Waals surface area (Å²) in [6.07, 6.45) is -3.14. The fourth-order valence-electron chi connectivity index (χ4n) is 3.39. The highest BCUT2D eigenvalue weighted by atomic mass is 19.4. The number of piperidine rings is 1. The van der Waals surface area contributed by atoms with Gasteiger partial charge in [0.05, 0.1) is 18.8 Å². The molecule has 3 rings (SSSR count). The number of morpholine rings is 1. The summed E-state index contributed by atoms with van der Waals surface area (Å²) in [6, 6.07) is 5.08. The Hall–Kier alpha value is -1.40. The molecule has 6 heteroatoms. The second-order valence-electron chi connectivity index (χ2n) is 6.12. The maximum atomic E-state index is 12.8. The number of nitrogens with zero attached hydrogens (tertiary/aromatic N) is 1. The minimum Gasteiger partial charge on any atom is -0.378 e. The van der Waals surface area contributed by atoms with Crippen molar-refractivity contribution >= 4 is 5.78 Å². The van der Waals surface area contributed by atoms with Gasteiger partial charge in [0.2, 0.25) is 0 Å². The van der Waals surface area contributed by atoms with Crippen LogP contribution in [0.1, 0.15) is 28.8 Å². The van der Waals surface area contributed by atoms with Crippen molar-refractivity contribution in [3.8, 4) is 0 Å². The summed E-state index contributed by atoms with van der Waals surface area (Å²) in [5.41, 5.74) is -0.613. The van der Waals surface area contributed by atoms with Crippen LogP contribution < -0.4 is 0 Å². The second-order valence-corrected chi connectivity index (χ2v) is 6.12. The number of rotatable bonds is 2. The second kappa shape index (κ2) is 5.66. The Morgan fingerprint density at radius 1 is 1.23 bits per heavy atom. The number of carbonyl (C=O) groups is 1. The van der Waals surface area contributed by atoms with Crippen molar-refractivity contribution in [1.82, 2.24) is 4.90 Å². The van der Waals surface area contributed by atoms with Crippen molar-refractivity contribution in [2.75, 3.05) is 20.3 Å². The maximum Gasteiger partial charge on any atom is 0.416 e. The third-order valence-electron chi connectivity index (χ3n) is 4.73. The third kappa shape index (κ3) is 2.90. The lowest BCUT2D eigenvalue weighted by molar-refractivity contribution is -0.137. The standard InChI is InChI=1S/C16H18F3NO2/c1-20-13-6-11(7-14(20)9-22-8-13)15(21)10-3-2-4-12(5-10)16(17,18)19/h2-5,11,13-14H,6-9H2,1H3. The number of benzene rings is 1. The molecule has 120 valence electrons. The molecule has 2 aliphatic rings. The Bertz CT molecular complexity index is 559. The van der Waals surface area contributed by atoms with Crippen LogP contribution in [0.2, 0.25) is 0 Å². The highest BCUT2D eigenvalue weighted by Gasteiger charge is 2.40. The Morgan fingerprint density at radius 2 is 1.86 bits per heavy atom. The molecule has 2 fully saturated rings. The molecule has 1 aromatic carbocycles. The first-order chi connectivity index (χ1) is 10.4. The zero-order chi connectivity index (χ0) is 15.9. The zero-order valence-electron chi connectivity index (χ0n) is 12.3. The maximum absolute atomic E-state index is 12.8. The molecule has 2 atom stereocenters. The number of hydrogen-bond donors (Lipinski definition) is 0. The molecule has 2 heterocycles. The third-order valence-corrected chi connectivity index (χ3v) is 4.73. The number of halogens is 3. The van der Waals surface area contributed by atoms with E-state index >= 15 is 0 Å². The van der Waals surface area contributed by atoms with Crippen LogP contribution in [0.25, 0.3) is 0 Å². The molecule has 2 bridgehead atoms. The van der Waals surface area contributed by atoms with Gasteiger partial charge in [-0.15, -0.1) is 0 Å². The average Bonchev–Trinajstić information content (AvgIpc) is 2.45. The number of fused-ring (bicyclic) bond motifs is 2. The number of likely N-dealkylation sites (N-methyl/N-ethyl adjacent to an activating group) is 1. The van der Waals surface area contributed by atoms with Gasteiger partial charge in [-0.1, -0.05) is 12.1 Å². The fraction of sp³-hybridized carbons (Fsp3) is 0.562. The monoisotopic (exact) mass is 313 g/mol. The molecule has 3 nitrogen and oxygen atoms in total. The van der Waals surface area contributed by atoms with Crippen molar-refractivity contribution in [3.05, 3.63) is 35.4 Å². The highest BCUT2D eigenvalue weighted by molar-refractivity contribution is 5.98. The van der Waals surface area contributed by atoms with E-state index in [-0.39, 0.29) is 29.3 Å². The zero-order valence-corrected chi connectivity index (χ0v) is 12.3. The number of Topliss-reactive ketones (excluding diaryl/α,β-unsaturated/α-hetero) is 1. The first-order valence-electron chi connectivity index (χ1n) is 7.37. The van der Waals surface area contributed by atoms with Gasteiger partial charge in [0.1, 0.15) is 0 Å². The predicted octanol–water partition coefficient (Wildman–Crippen LogP) is 3.00. The van der Waals surface area contributed by atoms with Crippen LogP contribution in [0.3, 0.4) is 0 Å². The molecule has 0 aliphatic carbocycles. The van der Waals surface area contributed by atoms with Gasteiger partial charge in [-0.05, 0) is 32.0 Å². The van der Waals surface area contributed by atoms with E-state index in [2.05, 4.69) is 4.90 Å². The van der Waals surface area contributed by atoms with Crippen LogP contribution in [0.15, 0.2) is 24.3 Å². The van der Waals surface area contributed by atoms with Crippen LogP contribution in [0.4, 0.5) is 13.2 Å². The van der Waals surface area contributed by atoms with Crippen molar-refractivity contribution < 1.29 is 22.7 Å². The van der Waals surface area contributed by atoms with Crippen LogP contribution in [0, 0.1) is 5.92 Å². The van der Waals surface area contributed by atoms with E-state index in [9.17, 15) is 18.0 Å². The lowest BCUT2D eigenvalue weighted by Gasteiger charge is -2.46. The van der Waals surface area contributed by atoms with Gasteiger partial charge in [-0.2, -0.15) is 13.2 Å². The summed E-state index contributed by atoms with van der Waals surface area (Å²) >= 11 is 0. The molecule has 1 aromatic rings. The lowest BCUT2D eigenvalue weighted by atomic mass is 9.81. The van der Waals surface area contributed by atoms with Crippen LogP contribution >= 0.6 is 0 Å². The van der Waals surface area contributed by atoms with E-state index < -0.39 is 11.7 Å². The van der Waals surface area contributed by atoms with E-state index in [0.717, 1.165) is 12.1 Å². The van der Waals surface area contributed by atoms with Crippen molar-refractivity contribution in [1.29, 1.82) is 0 Å². The lowest BCUT2D eigenvalue weighted by Crippen LogP contribution is -2.55. The molecular formula is C16H18F3NO2. The summed E-state index contributed by atoms with van der Waals surface area (Å²) < 4.78 is 43.8. The molecule has 22 heavy (non-hydrogen) atoms. The average molecular weight is 313 g/mol. The molecule has 0 saturated carbocycles. The normalized spacial score (nSPS) is 29.4. The Balaban J connectivity index is 1.80. The van der Waals surface area contributed by atoms with Gasteiger partial charge in [-0.3, -0.25) is 9.69 Å². The molecule has 0 radical (unpaired) electrons. The van der Waals surface area contributed by atoms with E-state index in [0.29, 0.717) is 26.1 Å². The topological polar surface area (TPSA) is 29.5 Å².